The highest BCUT2D eigenvalue weighted by Gasteiger charge is 2.13. The van der Waals surface area contributed by atoms with E-state index in [2.05, 4.69) is 15.5 Å². The Hall–Kier alpha value is -1.18. The molecule has 0 saturated carbocycles. The Morgan fingerprint density at radius 3 is 2.35 bits per heavy atom. The molecular formula is C10H20N4O3. The van der Waals surface area contributed by atoms with Crippen LogP contribution in [-0.2, 0) is 16.0 Å². The molecule has 1 aromatic rings. The molecule has 0 saturated heterocycles. The van der Waals surface area contributed by atoms with E-state index in [-0.39, 0.29) is 0 Å². The van der Waals surface area contributed by atoms with Gasteiger partial charge in [0, 0.05) is 27.3 Å². The number of anilines is 1. The van der Waals surface area contributed by atoms with Crippen molar-refractivity contribution in [2.24, 2.45) is 0 Å². The molecule has 0 aliphatic heterocycles. The predicted octanol–water partition coefficient (Wildman–Crippen LogP) is -0.112. The lowest BCUT2D eigenvalue weighted by atomic mass is 10.5. The van der Waals surface area contributed by atoms with Gasteiger partial charge in [-0.15, -0.1) is 5.10 Å². The Bertz CT molecular complexity index is 297. The lowest BCUT2D eigenvalue weighted by Gasteiger charge is -2.18. The summed E-state index contributed by atoms with van der Waals surface area (Å²) in [6.07, 6.45) is 0. The fourth-order valence-corrected chi connectivity index (χ4v) is 1.30. The summed E-state index contributed by atoms with van der Waals surface area (Å²) in [7, 11) is 5.15. The molecule has 0 aliphatic rings. The third-order valence-electron chi connectivity index (χ3n) is 2.19. The Kier molecular flexibility index (Phi) is 6.53. The molecule has 7 nitrogen and oxygen atoms in total. The van der Waals surface area contributed by atoms with E-state index in [9.17, 15) is 0 Å². The maximum absolute atomic E-state index is 5.51. The van der Waals surface area contributed by atoms with E-state index in [1.165, 1.54) is 0 Å². The Balaban J connectivity index is 2.58. The lowest BCUT2D eigenvalue weighted by molar-refractivity contribution is 0.188. The molecule has 17 heavy (non-hydrogen) atoms. The van der Waals surface area contributed by atoms with Gasteiger partial charge in [-0.25, -0.2) is 0 Å². The molecule has 1 aromatic heterocycles. The Morgan fingerprint density at radius 2 is 1.82 bits per heavy atom. The first-order valence-electron chi connectivity index (χ1n) is 5.51. The van der Waals surface area contributed by atoms with Gasteiger partial charge >= 0.3 is 6.01 Å². The molecule has 0 unspecified atom stereocenters. The molecular weight excluding hydrogens is 224 g/mol. The van der Waals surface area contributed by atoms with Gasteiger partial charge in [0.1, 0.15) is 0 Å². The largest absolute Gasteiger partial charge is 0.407 e. The molecule has 0 fully saturated rings. The van der Waals surface area contributed by atoms with Crippen LogP contribution in [0, 0.1) is 0 Å². The normalized spacial score (nSPS) is 10.8. The van der Waals surface area contributed by atoms with Crippen LogP contribution in [0.2, 0.25) is 0 Å². The van der Waals surface area contributed by atoms with E-state index >= 15 is 0 Å². The van der Waals surface area contributed by atoms with E-state index in [1.54, 1.807) is 14.2 Å². The standard InChI is InChI=1S/C10H20N4O3/c1-11-8-9-12-13-10(17-9)14(4-6-15-2)5-7-16-3/h11H,4-8H2,1-3H3. The van der Waals surface area contributed by atoms with Crippen LogP contribution in [0.15, 0.2) is 4.42 Å². The Labute approximate surface area is 101 Å². The lowest BCUT2D eigenvalue weighted by Crippen LogP contribution is -2.30. The Morgan fingerprint density at radius 1 is 1.18 bits per heavy atom. The number of nitrogens with zero attached hydrogens (tertiary/aromatic N) is 3. The van der Waals surface area contributed by atoms with Crippen molar-refractivity contribution in [2.75, 3.05) is 52.5 Å². The van der Waals surface area contributed by atoms with E-state index < -0.39 is 0 Å². The SMILES string of the molecule is CNCc1nnc(N(CCOC)CCOC)o1. The fraction of sp³-hybridized carbons (Fsp3) is 0.800. The number of aromatic nitrogens is 2. The highest BCUT2D eigenvalue weighted by atomic mass is 16.5. The number of nitrogens with one attached hydrogen (secondary N) is 1. The summed E-state index contributed by atoms with van der Waals surface area (Å²) < 4.78 is 15.6. The van der Waals surface area contributed by atoms with E-state index in [1.807, 2.05) is 11.9 Å². The third-order valence-corrected chi connectivity index (χ3v) is 2.19. The van der Waals surface area contributed by atoms with Crippen molar-refractivity contribution < 1.29 is 13.9 Å². The van der Waals surface area contributed by atoms with Gasteiger partial charge in [0.15, 0.2) is 0 Å². The van der Waals surface area contributed by atoms with Gasteiger partial charge in [0.05, 0.1) is 19.8 Å². The smallest absolute Gasteiger partial charge is 0.318 e. The zero-order valence-corrected chi connectivity index (χ0v) is 10.6. The first kappa shape index (κ1) is 13.9. The van der Waals surface area contributed by atoms with E-state index in [0.29, 0.717) is 44.8 Å². The summed E-state index contributed by atoms with van der Waals surface area (Å²) >= 11 is 0. The molecule has 0 spiro atoms. The van der Waals surface area contributed by atoms with Gasteiger partial charge in [-0.05, 0) is 7.05 Å². The maximum Gasteiger partial charge on any atom is 0.318 e. The summed E-state index contributed by atoms with van der Waals surface area (Å²) in [6, 6.07) is 0.504. The fourth-order valence-electron chi connectivity index (χ4n) is 1.30. The van der Waals surface area contributed by atoms with Crippen molar-refractivity contribution in [3.05, 3.63) is 5.89 Å². The molecule has 0 amide bonds. The molecule has 1 rings (SSSR count). The van der Waals surface area contributed by atoms with Crippen molar-refractivity contribution in [3.63, 3.8) is 0 Å². The molecule has 0 radical (unpaired) electrons. The molecule has 0 aromatic carbocycles. The van der Waals surface area contributed by atoms with Gasteiger partial charge in [-0.1, -0.05) is 5.10 Å². The van der Waals surface area contributed by atoms with Crippen LogP contribution in [0.3, 0.4) is 0 Å². The highest BCUT2D eigenvalue weighted by Crippen LogP contribution is 2.11. The average Bonchev–Trinajstić information content (AvgIpc) is 2.78. The number of ether oxygens (including phenoxy) is 2. The molecule has 7 heteroatoms. The van der Waals surface area contributed by atoms with E-state index in [4.69, 9.17) is 13.9 Å². The van der Waals surface area contributed by atoms with Crippen molar-refractivity contribution in [3.8, 4) is 0 Å². The molecule has 0 atom stereocenters. The molecule has 1 N–H and O–H groups in total. The van der Waals surface area contributed by atoms with Crippen LogP contribution in [-0.4, -0.2) is 57.8 Å². The second-order valence-electron chi connectivity index (χ2n) is 3.48. The van der Waals surface area contributed by atoms with Gasteiger partial charge in [-0.2, -0.15) is 0 Å². The zero-order chi connectivity index (χ0) is 12.5. The number of hydrogen-bond acceptors (Lipinski definition) is 7. The minimum Gasteiger partial charge on any atom is -0.407 e. The van der Waals surface area contributed by atoms with Crippen molar-refractivity contribution in [1.29, 1.82) is 0 Å². The van der Waals surface area contributed by atoms with Crippen LogP contribution in [0.4, 0.5) is 6.01 Å². The molecule has 98 valence electrons. The van der Waals surface area contributed by atoms with Gasteiger partial charge < -0.3 is 24.1 Å². The summed E-state index contributed by atoms with van der Waals surface area (Å²) in [5.41, 5.74) is 0. The zero-order valence-electron chi connectivity index (χ0n) is 10.6. The second kappa shape index (κ2) is 7.99. The monoisotopic (exact) mass is 244 g/mol. The number of rotatable bonds is 9. The summed E-state index contributed by atoms with van der Waals surface area (Å²) in [6.45, 7) is 3.17. The summed E-state index contributed by atoms with van der Waals surface area (Å²) in [5.74, 6) is 0.572. The topological polar surface area (TPSA) is 72.7 Å². The van der Waals surface area contributed by atoms with Gasteiger partial charge in [-0.3, -0.25) is 0 Å². The highest BCUT2D eigenvalue weighted by molar-refractivity contribution is 5.23. The molecule has 0 bridgehead atoms. The van der Waals surface area contributed by atoms with Crippen molar-refractivity contribution >= 4 is 6.01 Å². The number of hydrogen-bond donors (Lipinski definition) is 1. The quantitative estimate of drug-likeness (QED) is 0.649. The predicted molar refractivity (Wildman–Crippen MR) is 63.0 cm³/mol. The second-order valence-corrected chi connectivity index (χ2v) is 3.48. The van der Waals surface area contributed by atoms with Crippen LogP contribution in [0.5, 0.6) is 0 Å². The van der Waals surface area contributed by atoms with Crippen LogP contribution >= 0.6 is 0 Å². The van der Waals surface area contributed by atoms with Crippen LogP contribution in [0.25, 0.3) is 0 Å². The van der Waals surface area contributed by atoms with Crippen molar-refractivity contribution in [1.82, 2.24) is 15.5 Å². The minimum atomic E-state index is 0.504. The van der Waals surface area contributed by atoms with E-state index in [0.717, 1.165) is 0 Å². The summed E-state index contributed by atoms with van der Waals surface area (Å²) in [4.78, 5) is 1.94. The van der Waals surface area contributed by atoms with Gasteiger partial charge in [0.2, 0.25) is 5.89 Å². The number of methoxy groups -OCH3 is 2. The van der Waals surface area contributed by atoms with Crippen LogP contribution in [0.1, 0.15) is 5.89 Å². The maximum atomic E-state index is 5.51. The molecule has 0 aliphatic carbocycles. The third kappa shape index (κ3) is 4.68. The average molecular weight is 244 g/mol. The summed E-state index contributed by atoms with van der Waals surface area (Å²) in [5, 5.41) is 10.9. The first-order chi connectivity index (χ1) is 8.31. The molecule has 1 heterocycles. The van der Waals surface area contributed by atoms with Gasteiger partial charge in [0.25, 0.3) is 0 Å². The first-order valence-corrected chi connectivity index (χ1v) is 5.51. The minimum absolute atomic E-state index is 0.504. The van der Waals surface area contributed by atoms with Crippen LogP contribution < -0.4 is 10.2 Å². The van der Waals surface area contributed by atoms with Crippen molar-refractivity contribution in [2.45, 2.75) is 6.54 Å².